The molecule has 4 rings (SSSR count). The zero-order chi connectivity index (χ0) is 15.6. The topological polar surface area (TPSA) is 76.2 Å². The van der Waals surface area contributed by atoms with Crippen LogP contribution in [0.15, 0.2) is 59.7 Å². The quantitative estimate of drug-likeness (QED) is 0.727. The number of nitrogens with one attached hydrogen (secondary N) is 1. The molecule has 0 saturated heterocycles. The van der Waals surface area contributed by atoms with Crippen molar-refractivity contribution < 1.29 is 0 Å². The van der Waals surface area contributed by atoms with Gasteiger partial charge in [0.05, 0.1) is 6.54 Å². The first-order valence-electron chi connectivity index (χ1n) is 7.37. The summed E-state index contributed by atoms with van der Waals surface area (Å²) in [7, 11) is 0. The predicted octanol–water partition coefficient (Wildman–Crippen LogP) is 3.40. The highest BCUT2D eigenvalue weighted by atomic mass is 15.0. The zero-order valence-corrected chi connectivity index (χ0v) is 12.4. The number of nitrogens with zero attached hydrogens (tertiary/aromatic N) is 3. The number of hydrogen-bond acceptors (Lipinski definition) is 5. The molecule has 1 aliphatic rings. The number of anilines is 3. The highest BCUT2D eigenvalue weighted by molar-refractivity contribution is 5.86. The third-order valence-electron chi connectivity index (χ3n) is 3.71. The Hall–Kier alpha value is -3.21. The van der Waals surface area contributed by atoms with Gasteiger partial charge in [-0.1, -0.05) is 18.2 Å². The van der Waals surface area contributed by atoms with E-state index in [-0.39, 0.29) is 0 Å². The molecular formula is C18H15N5. The molecule has 0 amide bonds. The molecule has 2 heterocycles. The second-order valence-corrected chi connectivity index (χ2v) is 5.40. The van der Waals surface area contributed by atoms with E-state index in [9.17, 15) is 0 Å². The molecule has 3 N–H and O–H groups in total. The molecular weight excluding hydrogens is 286 g/mol. The summed E-state index contributed by atoms with van der Waals surface area (Å²) in [5, 5.41) is 3.31. The maximum Gasteiger partial charge on any atom is 0.161 e. The summed E-state index contributed by atoms with van der Waals surface area (Å²) in [4.78, 5) is 13.2. The van der Waals surface area contributed by atoms with Gasteiger partial charge in [0, 0.05) is 29.3 Å². The third-order valence-corrected chi connectivity index (χ3v) is 3.71. The molecule has 3 aromatic rings. The van der Waals surface area contributed by atoms with Gasteiger partial charge in [0.25, 0.3) is 0 Å². The number of benzene rings is 2. The summed E-state index contributed by atoms with van der Waals surface area (Å²) in [5.41, 5.74) is 10.8. The van der Waals surface area contributed by atoms with Crippen molar-refractivity contribution in [3.05, 3.63) is 65.9 Å². The molecule has 1 aromatic heterocycles. The minimum atomic E-state index is 0.644. The molecule has 0 bridgehead atoms. The molecule has 0 aliphatic carbocycles. The lowest BCUT2D eigenvalue weighted by atomic mass is 10.1. The maximum absolute atomic E-state index is 5.83. The van der Waals surface area contributed by atoms with Crippen molar-refractivity contribution in [3.8, 4) is 11.4 Å². The van der Waals surface area contributed by atoms with E-state index < -0.39 is 0 Å². The Morgan fingerprint density at radius 3 is 2.91 bits per heavy atom. The molecule has 0 radical (unpaired) electrons. The Labute approximate surface area is 133 Å². The second-order valence-electron chi connectivity index (χ2n) is 5.40. The van der Waals surface area contributed by atoms with Gasteiger partial charge in [0.1, 0.15) is 5.82 Å². The highest BCUT2D eigenvalue weighted by Crippen LogP contribution is 2.23. The second kappa shape index (κ2) is 5.53. The van der Waals surface area contributed by atoms with Crippen LogP contribution in [-0.4, -0.2) is 16.2 Å². The van der Waals surface area contributed by atoms with Crippen LogP contribution in [0.1, 0.15) is 11.1 Å². The van der Waals surface area contributed by atoms with Crippen molar-refractivity contribution >= 4 is 23.4 Å². The van der Waals surface area contributed by atoms with E-state index in [0.29, 0.717) is 11.5 Å². The SMILES string of the molecule is Nc1cccc(-c2nccc(Nc3ccc4c(c3)C=NC4)n2)c1. The lowest BCUT2D eigenvalue weighted by molar-refractivity contribution is 1.11. The fourth-order valence-corrected chi connectivity index (χ4v) is 2.57. The standard InChI is InChI=1S/C18H15N5/c19-15-3-1-2-12(8-15)18-21-7-6-17(23-18)22-16-5-4-13-10-20-11-14(13)9-16/h1-9,11H,10,19H2,(H,21,22,23). The van der Waals surface area contributed by atoms with Gasteiger partial charge in [-0.3, -0.25) is 4.99 Å². The van der Waals surface area contributed by atoms with Gasteiger partial charge >= 0.3 is 0 Å². The molecule has 0 fully saturated rings. The Bertz CT molecular complexity index is 901. The number of hydrogen-bond donors (Lipinski definition) is 2. The average Bonchev–Trinajstić information content (AvgIpc) is 3.03. The van der Waals surface area contributed by atoms with Gasteiger partial charge in [-0.15, -0.1) is 0 Å². The van der Waals surface area contributed by atoms with Gasteiger partial charge in [-0.2, -0.15) is 0 Å². The van der Waals surface area contributed by atoms with Crippen LogP contribution in [0.25, 0.3) is 11.4 Å². The summed E-state index contributed by atoms with van der Waals surface area (Å²) >= 11 is 0. The van der Waals surface area contributed by atoms with Crippen LogP contribution in [0.2, 0.25) is 0 Å². The van der Waals surface area contributed by atoms with E-state index in [2.05, 4.69) is 32.4 Å². The van der Waals surface area contributed by atoms with Crippen molar-refractivity contribution in [2.45, 2.75) is 6.54 Å². The van der Waals surface area contributed by atoms with Gasteiger partial charge in [-0.05, 0) is 41.5 Å². The number of fused-ring (bicyclic) bond motifs is 1. The number of nitrogens with two attached hydrogens (primary N) is 1. The first-order valence-corrected chi connectivity index (χ1v) is 7.37. The summed E-state index contributed by atoms with van der Waals surface area (Å²) in [6.07, 6.45) is 3.64. The van der Waals surface area contributed by atoms with Gasteiger partial charge < -0.3 is 11.1 Å². The lowest BCUT2D eigenvalue weighted by Crippen LogP contribution is -1.98. The van der Waals surface area contributed by atoms with Crippen LogP contribution in [0.3, 0.4) is 0 Å². The van der Waals surface area contributed by atoms with Crippen LogP contribution in [0.5, 0.6) is 0 Å². The van der Waals surface area contributed by atoms with Gasteiger partial charge in [0.15, 0.2) is 5.82 Å². The smallest absolute Gasteiger partial charge is 0.161 e. The summed E-state index contributed by atoms with van der Waals surface area (Å²) < 4.78 is 0. The Balaban J connectivity index is 1.63. The molecule has 5 nitrogen and oxygen atoms in total. The number of rotatable bonds is 3. The average molecular weight is 301 g/mol. The molecule has 0 saturated carbocycles. The van der Waals surface area contributed by atoms with Gasteiger partial charge in [-0.25, -0.2) is 9.97 Å². The fraction of sp³-hybridized carbons (Fsp3) is 0.0556. The summed E-state index contributed by atoms with van der Waals surface area (Å²) in [6.45, 7) is 0.767. The van der Waals surface area contributed by atoms with Crippen LogP contribution in [-0.2, 0) is 6.54 Å². The fourth-order valence-electron chi connectivity index (χ4n) is 2.57. The maximum atomic E-state index is 5.83. The molecule has 23 heavy (non-hydrogen) atoms. The Morgan fingerprint density at radius 1 is 1.04 bits per heavy atom. The predicted molar refractivity (Wildman–Crippen MR) is 92.9 cm³/mol. The lowest BCUT2D eigenvalue weighted by Gasteiger charge is -2.08. The largest absolute Gasteiger partial charge is 0.399 e. The van der Waals surface area contributed by atoms with E-state index in [1.165, 1.54) is 5.56 Å². The number of nitrogen functional groups attached to an aromatic ring is 1. The first-order chi connectivity index (χ1) is 11.3. The van der Waals surface area contributed by atoms with Gasteiger partial charge in [0.2, 0.25) is 0 Å². The van der Waals surface area contributed by atoms with E-state index >= 15 is 0 Å². The van der Waals surface area contributed by atoms with Crippen LogP contribution in [0.4, 0.5) is 17.2 Å². The van der Waals surface area contributed by atoms with Crippen molar-refractivity contribution in [2.75, 3.05) is 11.1 Å². The Kier molecular flexibility index (Phi) is 3.24. The zero-order valence-electron chi connectivity index (χ0n) is 12.4. The van der Waals surface area contributed by atoms with Crippen LogP contribution in [0, 0.1) is 0 Å². The van der Waals surface area contributed by atoms with Crippen LogP contribution < -0.4 is 11.1 Å². The monoisotopic (exact) mass is 301 g/mol. The van der Waals surface area contributed by atoms with Crippen LogP contribution >= 0.6 is 0 Å². The number of aromatic nitrogens is 2. The molecule has 2 aromatic carbocycles. The van der Waals surface area contributed by atoms with E-state index in [0.717, 1.165) is 29.2 Å². The van der Waals surface area contributed by atoms with Crippen molar-refractivity contribution in [2.24, 2.45) is 4.99 Å². The van der Waals surface area contributed by atoms with E-state index in [1.807, 2.05) is 42.6 Å². The molecule has 0 spiro atoms. The number of aliphatic imine (C=N–C) groups is 1. The van der Waals surface area contributed by atoms with Crippen molar-refractivity contribution in [3.63, 3.8) is 0 Å². The highest BCUT2D eigenvalue weighted by Gasteiger charge is 2.08. The molecule has 0 atom stereocenters. The molecule has 0 unspecified atom stereocenters. The van der Waals surface area contributed by atoms with E-state index in [1.54, 1.807) is 6.20 Å². The van der Waals surface area contributed by atoms with E-state index in [4.69, 9.17) is 5.73 Å². The summed E-state index contributed by atoms with van der Waals surface area (Å²) in [6, 6.07) is 15.6. The molecule has 112 valence electrons. The van der Waals surface area contributed by atoms with Crippen molar-refractivity contribution in [1.29, 1.82) is 0 Å². The Morgan fingerprint density at radius 2 is 2.00 bits per heavy atom. The summed E-state index contributed by atoms with van der Waals surface area (Å²) in [5.74, 6) is 1.39. The molecule has 1 aliphatic heterocycles. The normalized spacial score (nSPS) is 12.2. The third kappa shape index (κ3) is 2.76. The minimum absolute atomic E-state index is 0.644. The van der Waals surface area contributed by atoms with Crippen molar-refractivity contribution in [1.82, 2.24) is 9.97 Å². The molecule has 5 heteroatoms. The first kappa shape index (κ1) is 13.5. The minimum Gasteiger partial charge on any atom is -0.399 e.